The molecular weight excluding hydrogens is 238 g/mol. The number of hydrogen-bond acceptors (Lipinski definition) is 1. The van der Waals surface area contributed by atoms with Gasteiger partial charge in [0.1, 0.15) is 16.5 Å². The van der Waals surface area contributed by atoms with Crippen LogP contribution in [0.4, 0.5) is 0 Å². The molecule has 0 spiro atoms. The molecule has 0 aromatic rings. The van der Waals surface area contributed by atoms with Gasteiger partial charge < -0.3 is 13.3 Å². The van der Waals surface area contributed by atoms with Crippen LogP contribution in [0.3, 0.4) is 0 Å². The summed E-state index contributed by atoms with van der Waals surface area (Å²) in [4.78, 5) is 0. The lowest BCUT2D eigenvalue weighted by molar-refractivity contribution is 0.601. The predicted molar refractivity (Wildman–Crippen MR) is 74.4 cm³/mol. The molecule has 0 atom stereocenters. The van der Waals surface area contributed by atoms with Crippen molar-refractivity contribution in [3.8, 4) is 0 Å². The first-order valence-corrected chi connectivity index (χ1v) is 15.6. The summed E-state index contributed by atoms with van der Waals surface area (Å²) in [5.74, 6) is 0. The average molecular weight is 262 g/mol. The van der Waals surface area contributed by atoms with E-state index < -0.39 is 16.5 Å². The van der Waals surface area contributed by atoms with Crippen molar-refractivity contribution < 1.29 is 0 Å². The topological polar surface area (TPSA) is 3.24 Å². The third kappa shape index (κ3) is 6.12. The first-order valence-electron chi connectivity index (χ1n) is 5.53. The van der Waals surface area contributed by atoms with E-state index in [-0.39, 0.29) is 19.3 Å². The lowest BCUT2D eigenvalue weighted by Crippen LogP contribution is -2.59. The van der Waals surface area contributed by atoms with Crippen LogP contribution in [-0.4, -0.2) is 46.5 Å². The maximum absolute atomic E-state index is 5.86. The number of nitrogens with zero attached hydrogens (tertiary/aromatic N) is 1. The Kier molecular flexibility index (Phi) is 6.90. The van der Waals surface area contributed by atoms with Gasteiger partial charge in [0.05, 0.1) is 0 Å². The molecule has 82 valence electrons. The highest BCUT2D eigenvalue weighted by Crippen LogP contribution is 2.20. The zero-order valence-electron chi connectivity index (χ0n) is 10.7. The fourth-order valence-corrected chi connectivity index (χ4v) is 12.7. The first kappa shape index (κ1) is 15.4. The Balaban J connectivity index is 4.28. The van der Waals surface area contributed by atoms with Gasteiger partial charge in [0.25, 0.3) is 0 Å². The predicted octanol–water partition coefficient (Wildman–Crippen LogP) is 3.62. The smallest absolute Gasteiger partial charge is 0.346 e. The molecule has 0 aromatic heterocycles. The Bertz CT molecular complexity index is 151. The van der Waals surface area contributed by atoms with Crippen molar-refractivity contribution in [3.63, 3.8) is 0 Å². The largest absolute Gasteiger partial charge is 0.501 e. The standard InChI is InChI=1S/C9H24NSi2.ClH.Mg/c1-8-9-10(11(2,3)4)12(5,6)7;;/h1,8-9H2,2-7H3;1H;/q;;+1/p-1. The van der Waals surface area contributed by atoms with Gasteiger partial charge in [0.2, 0.25) is 0 Å². The molecule has 0 rings (SSSR count). The van der Waals surface area contributed by atoms with Gasteiger partial charge in [-0.2, -0.15) is 0 Å². The molecule has 0 heterocycles. The Labute approximate surface area is 105 Å². The van der Waals surface area contributed by atoms with E-state index in [0.717, 1.165) is 0 Å². The van der Waals surface area contributed by atoms with Crippen molar-refractivity contribution in [1.29, 1.82) is 0 Å². The summed E-state index contributed by atoms with van der Waals surface area (Å²) in [7, 11) is 3.65. The highest BCUT2D eigenvalue weighted by Gasteiger charge is 2.33. The van der Waals surface area contributed by atoms with Gasteiger partial charge in [-0.1, -0.05) is 45.7 Å². The van der Waals surface area contributed by atoms with Crippen LogP contribution in [0, 0.1) is 0 Å². The fraction of sp³-hybridized carbons (Fsp3) is 1.00. The molecule has 0 saturated carbocycles. The number of halogens is 1. The van der Waals surface area contributed by atoms with E-state index in [1.165, 1.54) is 17.5 Å². The van der Waals surface area contributed by atoms with Crippen LogP contribution >= 0.6 is 9.07 Å². The highest BCUT2D eigenvalue weighted by molar-refractivity contribution is 6.93. The van der Waals surface area contributed by atoms with Crippen LogP contribution < -0.4 is 0 Å². The zero-order valence-corrected chi connectivity index (χ0v) is 14.8. The van der Waals surface area contributed by atoms with Crippen molar-refractivity contribution in [2.45, 2.75) is 50.3 Å². The van der Waals surface area contributed by atoms with E-state index in [0.29, 0.717) is 0 Å². The van der Waals surface area contributed by atoms with Gasteiger partial charge >= 0.3 is 19.3 Å². The summed E-state index contributed by atoms with van der Waals surface area (Å²) < 4.78 is 4.15. The summed E-state index contributed by atoms with van der Waals surface area (Å²) in [6.07, 6.45) is 1.32. The van der Waals surface area contributed by atoms with Crippen LogP contribution in [0.2, 0.25) is 43.8 Å². The van der Waals surface area contributed by atoms with Gasteiger partial charge in [-0.05, 0) is 6.54 Å². The van der Waals surface area contributed by atoms with Crippen LogP contribution in [0.25, 0.3) is 0 Å². The molecule has 0 aromatic carbocycles. The quantitative estimate of drug-likeness (QED) is 0.522. The maximum Gasteiger partial charge on any atom is 0.501 e. The summed E-state index contributed by atoms with van der Waals surface area (Å²) >= 11 is -0.240. The van der Waals surface area contributed by atoms with E-state index >= 15 is 0 Å². The van der Waals surface area contributed by atoms with Crippen molar-refractivity contribution in [2.24, 2.45) is 0 Å². The van der Waals surface area contributed by atoms with E-state index in [9.17, 15) is 0 Å². The summed E-state index contributed by atoms with van der Waals surface area (Å²) in [5.41, 5.74) is 0. The molecule has 0 N–H and O–H groups in total. The van der Waals surface area contributed by atoms with Crippen molar-refractivity contribution >= 4 is 44.8 Å². The minimum atomic E-state index is -1.10. The molecule has 0 amide bonds. The minimum Gasteiger partial charge on any atom is -0.346 e. The lowest BCUT2D eigenvalue weighted by atomic mass is 10.5. The molecule has 0 aliphatic rings. The maximum atomic E-state index is 5.86. The van der Waals surface area contributed by atoms with Gasteiger partial charge in [-0.25, -0.2) is 0 Å². The molecule has 0 bridgehead atoms. The molecule has 5 heteroatoms. The first-order chi connectivity index (χ1) is 6.19. The van der Waals surface area contributed by atoms with Crippen molar-refractivity contribution in [1.82, 2.24) is 4.23 Å². The van der Waals surface area contributed by atoms with Crippen LogP contribution in [0.1, 0.15) is 6.42 Å². The summed E-state index contributed by atoms with van der Waals surface area (Å²) in [5, 5.41) is 0. The van der Waals surface area contributed by atoms with Crippen LogP contribution in [0.15, 0.2) is 0 Å². The van der Waals surface area contributed by atoms with Gasteiger partial charge in [-0.3, -0.25) is 0 Å². The van der Waals surface area contributed by atoms with E-state index in [2.05, 4.69) is 43.5 Å². The van der Waals surface area contributed by atoms with Crippen LogP contribution in [0.5, 0.6) is 0 Å². The normalized spacial score (nSPS) is 13.1. The number of hydrogen-bond donors (Lipinski definition) is 0. The molecule has 14 heavy (non-hydrogen) atoms. The van der Waals surface area contributed by atoms with E-state index in [4.69, 9.17) is 9.07 Å². The minimum absolute atomic E-state index is 0.240. The third-order valence-electron chi connectivity index (χ3n) is 2.38. The second-order valence-electron chi connectivity index (χ2n) is 5.89. The van der Waals surface area contributed by atoms with Gasteiger partial charge in [-0.15, -0.1) is 4.55 Å². The fourth-order valence-electron chi connectivity index (χ4n) is 2.04. The molecule has 0 aliphatic heterocycles. The van der Waals surface area contributed by atoms with Crippen LogP contribution in [-0.2, 0) is 0 Å². The Hall–Kier alpha value is 1.45. The molecular formula is C9H24ClMgNSi2. The molecule has 1 nitrogen and oxygen atoms in total. The molecule has 0 aliphatic carbocycles. The van der Waals surface area contributed by atoms with E-state index in [1.807, 2.05) is 0 Å². The third-order valence-corrected chi connectivity index (χ3v) is 11.7. The van der Waals surface area contributed by atoms with Crippen molar-refractivity contribution in [3.05, 3.63) is 0 Å². The molecule has 0 fully saturated rings. The molecule has 0 radical (unpaired) electrons. The SMILES string of the molecule is C[Si](C)(C)N(CC[CH2][Mg][Cl])[Si](C)(C)C. The van der Waals surface area contributed by atoms with Gasteiger partial charge in [0, 0.05) is 0 Å². The summed E-state index contributed by atoms with van der Waals surface area (Å²) in [6, 6.07) is 0. The zero-order chi connectivity index (χ0) is 11.4. The molecule has 0 unspecified atom stereocenters. The Morgan fingerprint density at radius 3 is 1.71 bits per heavy atom. The van der Waals surface area contributed by atoms with E-state index in [1.54, 1.807) is 0 Å². The highest BCUT2D eigenvalue weighted by atomic mass is 35.5. The number of rotatable bonds is 6. The second kappa shape index (κ2) is 6.25. The van der Waals surface area contributed by atoms with Crippen molar-refractivity contribution in [2.75, 3.05) is 6.54 Å². The monoisotopic (exact) mass is 261 g/mol. The van der Waals surface area contributed by atoms with Gasteiger partial charge in [0.15, 0.2) is 0 Å². The Morgan fingerprint density at radius 1 is 1.00 bits per heavy atom. The second-order valence-corrected chi connectivity index (χ2v) is 18.3. The molecule has 0 saturated heterocycles. The Morgan fingerprint density at radius 2 is 1.43 bits per heavy atom. The lowest BCUT2D eigenvalue weighted by Gasteiger charge is -2.43. The average Bonchev–Trinajstić information content (AvgIpc) is 1.92. The summed E-state index contributed by atoms with van der Waals surface area (Å²) in [6.45, 7) is 16.1.